The van der Waals surface area contributed by atoms with Gasteiger partial charge in [-0.2, -0.15) is 0 Å². The summed E-state index contributed by atoms with van der Waals surface area (Å²) in [6.07, 6.45) is 5.61. The first kappa shape index (κ1) is 14.6. The standard InChI is InChI=1S/C21H21N3O/c1-15-10-11-19-17(14-15)24(16-6-2-3-7-18(16)25-19)21-9-5-13-23(21)20-8-4-12-22-20/h2-3,6-7,9-11,14H,4-5,8,12-13H2,1H3. The van der Waals surface area contributed by atoms with Crippen LogP contribution in [0.3, 0.4) is 0 Å². The van der Waals surface area contributed by atoms with E-state index >= 15 is 0 Å². The summed E-state index contributed by atoms with van der Waals surface area (Å²) >= 11 is 0. The number of hydrogen-bond donors (Lipinski definition) is 0. The van der Waals surface area contributed by atoms with Crippen LogP contribution in [0, 0.1) is 6.92 Å². The number of hydrogen-bond acceptors (Lipinski definition) is 4. The van der Waals surface area contributed by atoms with Crippen LogP contribution in [0.5, 0.6) is 11.5 Å². The van der Waals surface area contributed by atoms with Crippen molar-refractivity contribution in [1.29, 1.82) is 0 Å². The number of amidine groups is 1. The average molecular weight is 331 g/mol. The molecule has 0 N–H and O–H groups in total. The first-order chi connectivity index (χ1) is 12.3. The maximum absolute atomic E-state index is 6.17. The van der Waals surface area contributed by atoms with Crippen molar-refractivity contribution in [1.82, 2.24) is 4.90 Å². The number of ether oxygens (including phenoxy) is 1. The van der Waals surface area contributed by atoms with Crippen molar-refractivity contribution in [2.24, 2.45) is 4.99 Å². The van der Waals surface area contributed by atoms with E-state index in [1.54, 1.807) is 0 Å². The van der Waals surface area contributed by atoms with Gasteiger partial charge in [-0.1, -0.05) is 18.2 Å². The van der Waals surface area contributed by atoms with Crippen LogP contribution in [0.25, 0.3) is 0 Å². The number of nitrogens with zero attached hydrogens (tertiary/aromatic N) is 3. The van der Waals surface area contributed by atoms with Crippen molar-refractivity contribution < 1.29 is 4.74 Å². The van der Waals surface area contributed by atoms with Gasteiger partial charge in [0.15, 0.2) is 11.5 Å². The van der Waals surface area contributed by atoms with E-state index in [1.807, 2.05) is 12.1 Å². The quantitative estimate of drug-likeness (QED) is 0.738. The smallest absolute Gasteiger partial charge is 0.151 e. The number of para-hydroxylation sites is 2. The largest absolute Gasteiger partial charge is 0.453 e. The highest BCUT2D eigenvalue weighted by molar-refractivity contribution is 5.89. The van der Waals surface area contributed by atoms with Gasteiger partial charge in [0.2, 0.25) is 0 Å². The van der Waals surface area contributed by atoms with Gasteiger partial charge in [0, 0.05) is 19.5 Å². The molecule has 2 aromatic rings. The minimum Gasteiger partial charge on any atom is -0.453 e. The Labute approximate surface area is 148 Å². The highest BCUT2D eigenvalue weighted by Gasteiger charge is 2.33. The Hall–Kier alpha value is -2.75. The molecule has 0 atom stereocenters. The van der Waals surface area contributed by atoms with Crippen molar-refractivity contribution in [3.05, 3.63) is 59.9 Å². The third-order valence-corrected chi connectivity index (χ3v) is 5.03. The molecule has 0 saturated heterocycles. The number of anilines is 2. The highest BCUT2D eigenvalue weighted by Crippen LogP contribution is 2.49. The molecule has 2 aromatic carbocycles. The molecular weight excluding hydrogens is 310 g/mol. The fraction of sp³-hybridized carbons (Fsp3) is 0.286. The van der Waals surface area contributed by atoms with Crippen LogP contribution in [0.4, 0.5) is 11.4 Å². The number of aryl methyl sites for hydroxylation is 1. The molecule has 0 radical (unpaired) electrons. The molecular formula is C21H21N3O. The lowest BCUT2D eigenvalue weighted by Gasteiger charge is -2.37. The molecule has 3 aliphatic heterocycles. The summed E-state index contributed by atoms with van der Waals surface area (Å²) in [6.45, 7) is 4.09. The van der Waals surface area contributed by atoms with Crippen molar-refractivity contribution in [2.75, 3.05) is 18.0 Å². The van der Waals surface area contributed by atoms with E-state index < -0.39 is 0 Å². The molecule has 5 rings (SSSR count). The number of aliphatic imine (C=N–C) groups is 1. The Balaban J connectivity index is 1.66. The molecule has 25 heavy (non-hydrogen) atoms. The second kappa shape index (κ2) is 5.66. The molecule has 0 amide bonds. The molecule has 3 heterocycles. The van der Waals surface area contributed by atoms with Crippen LogP contribution in [0.1, 0.15) is 24.8 Å². The van der Waals surface area contributed by atoms with Gasteiger partial charge in [-0.15, -0.1) is 0 Å². The summed E-state index contributed by atoms with van der Waals surface area (Å²) < 4.78 is 6.17. The predicted molar refractivity (Wildman–Crippen MR) is 101 cm³/mol. The van der Waals surface area contributed by atoms with Crippen molar-refractivity contribution in [3.63, 3.8) is 0 Å². The van der Waals surface area contributed by atoms with Gasteiger partial charge < -0.3 is 9.64 Å². The normalized spacial score (nSPS) is 18.4. The summed E-state index contributed by atoms with van der Waals surface area (Å²) in [5.41, 5.74) is 3.43. The number of rotatable bonds is 1. The van der Waals surface area contributed by atoms with Crippen LogP contribution < -0.4 is 9.64 Å². The van der Waals surface area contributed by atoms with E-state index in [2.05, 4.69) is 53.1 Å². The predicted octanol–water partition coefficient (Wildman–Crippen LogP) is 4.98. The van der Waals surface area contributed by atoms with Crippen LogP contribution in [0.2, 0.25) is 0 Å². The minimum absolute atomic E-state index is 0.903. The molecule has 4 nitrogen and oxygen atoms in total. The Kier molecular flexibility index (Phi) is 3.30. The molecule has 0 aromatic heterocycles. The first-order valence-electron chi connectivity index (χ1n) is 9.00. The van der Waals surface area contributed by atoms with E-state index in [0.717, 1.165) is 55.2 Å². The molecule has 4 heteroatoms. The van der Waals surface area contributed by atoms with Gasteiger partial charge in [0.25, 0.3) is 0 Å². The fourth-order valence-corrected chi connectivity index (χ4v) is 3.88. The third-order valence-electron chi connectivity index (χ3n) is 5.03. The van der Waals surface area contributed by atoms with Crippen LogP contribution in [-0.2, 0) is 0 Å². The number of fused-ring (bicyclic) bond motifs is 2. The van der Waals surface area contributed by atoms with Crippen molar-refractivity contribution in [3.8, 4) is 11.5 Å². The Morgan fingerprint density at radius 2 is 1.92 bits per heavy atom. The molecule has 0 unspecified atom stereocenters. The summed E-state index contributed by atoms with van der Waals surface area (Å²) in [7, 11) is 0. The van der Waals surface area contributed by atoms with Crippen molar-refractivity contribution >= 4 is 17.2 Å². The van der Waals surface area contributed by atoms with E-state index in [0.29, 0.717) is 0 Å². The van der Waals surface area contributed by atoms with Gasteiger partial charge in [0.05, 0.1) is 11.4 Å². The maximum Gasteiger partial charge on any atom is 0.151 e. The zero-order valence-electron chi connectivity index (χ0n) is 14.4. The van der Waals surface area contributed by atoms with E-state index in [-0.39, 0.29) is 0 Å². The fourth-order valence-electron chi connectivity index (χ4n) is 3.88. The molecule has 0 bridgehead atoms. The lowest BCUT2D eigenvalue weighted by molar-refractivity contribution is 0.467. The lowest BCUT2D eigenvalue weighted by atomic mass is 10.1. The SMILES string of the molecule is Cc1ccc2c(c1)N(C1=CCCN1C1=NCCC1)c1ccccc1O2. The molecule has 0 aliphatic carbocycles. The number of benzene rings is 2. The highest BCUT2D eigenvalue weighted by atomic mass is 16.5. The third kappa shape index (κ3) is 2.32. The summed E-state index contributed by atoms with van der Waals surface area (Å²) in [6, 6.07) is 14.7. The maximum atomic E-state index is 6.17. The molecule has 3 aliphatic rings. The summed E-state index contributed by atoms with van der Waals surface area (Å²) in [5, 5.41) is 0. The zero-order chi connectivity index (χ0) is 16.8. The average Bonchev–Trinajstić information content (AvgIpc) is 3.31. The lowest BCUT2D eigenvalue weighted by Crippen LogP contribution is -2.35. The first-order valence-corrected chi connectivity index (χ1v) is 9.00. The topological polar surface area (TPSA) is 28.1 Å². The van der Waals surface area contributed by atoms with Gasteiger partial charge in [0.1, 0.15) is 11.7 Å². The second-order valence-corrected chi connectivity index (χ2v) is 6.78. The molecule has 0 saturated carbocycles. The van der Waals surface area contributed by atoms with Gasteiger partial charge in [-0.3, -0.25) is 9.89 Å². The van der Waals surface area contributed by atoms with Gasteiger partial charge >= 0.3 is 0 Å². The van der Waals surface area contributed by atoms with E-state index in [4.69, 9.17) is 9.73 Å². The minimum atomic E-state index is 0.903. The zero-order valence-corrected chi connectivity index (χ0v) is 14.4. The summed E-state index contributed by atoms with van der Waals surface area (Å²) in [4.78, 5) is 9.47. The Bertz CT molecular complexity index is 900. The Morgan fingerprint density at radius 1 is 1.04 bits per heavy atom. The van der Waals surface area contributed by atoms with Crippen LogP contribution in [-0.4, -0.2) is 23.8 Å². The summed E-state index contributed by atoms with van der Waals surface area (Å²) in [5.74, 6) is 4.25. The van der Waals surface area contributed by atoms with Crippen LogP contribution in [0.15, 0.2) is 59.4 Å². The molecule has 0 fully saturated rings. The molecule has 0 spiro atoms. The van der Waals surface area contributed by atoms with Gasteiger partial charge in [-0.25, -0.2) is 0 Å². The molecule has 126 valence electrons. The Morgan fingerprint density at radius 3 is 2.80 bits per heavy atom. The van der Waals surface area contributed by atoms with E-state index in [1.165, 1.54) is 17.2 Å². The second-order valence-electron chi connectivity index (χ2n) is 6.78. The van der Waals surface area contributed by atoms with E-state index in [9.17, 15) is 0 Å². The monoisotopic (exact) mass is 331 g/mol. The van der Waals surface area contributed by atoms with Gasteiger partial charge in [-0.05, 0) is 55.7 Å². The van der Waals surface area contributed by atoms with Crippen LogP contribution >= 0.6 is 0 Å². The van der Waals surface area contributed by atoms with Crippen molar-refractivity contribution in [2.45, 2.75) is 26.2 Å².